The summed E-state index contributed by atoms with van der Waals surface area (Å²) in [6.45, 7) is 4.58. The first-order valence-corrected chi connectivity index (χ1v) is 12.4. The average molecular weight is 445 g/mol. The van der Waals surface area contributed by atoms with Crippen LogP contribution in [0.3, 0.4) is 0 Å². The maximum Gasteiger partial charge on any atom is 0.243 e. The van der Waals surface area contributed by atoms with Gasteiger partial charge in [-0.25, -0.2) is 8.42 Å². The van der Waals surface area contributed by atoms with Crippen LogP contribution in [0.5, 0.6) is 11.5 Å². The minimum Gasteiger partial charge on any atom is -0.486 e. The van der Waals surface area contributed by atoms with Crippen LogP contribution in [0.4, 0.5) is 0 Å². The van der Waals surface area contributed by atoms with Gasteiger partial charge in [0.25, 0.3) is 0 Å². The van der Waals surface area contributed by atoms with E-state index in [-0.39, 0.29) is 6.04 Å². The Labute approximate surface area is 183 Å². The van der Waals surface area contributed by atoms with Crippen molar-refractivity contribution < 1.29 is 22.6 Å². The molecule has 0 unspecified atom stereocenters. The summed E-state index contributed by atoms with van der Waals surface area (Å²) in [5.41, 5.74) is 2.23. The Morgan fingerprint density at radius 1 is 0.903 bits per heavy atom. The Kier molecular flexibility index (Phi) is 5.88. The van der Waals surface area contributed by atoms with E-state index in [1.54, 1.807) is 6.07 Å². The van der Waals surface area contributed by atoms with Crippen LogP contribution in [-0.2, 0) is 21.3 Å². The molecule has 0 bridgehead atoms. The van der Waals surface area contributed by atoms with Crippen molar-refractivity contribution in [2.75, 3.05) is 46.1 Å². The van der Waals surface area contributed by atoms with Gasteiger partial charge < -0.3 is 14.2 Å². The predicted octanol–water partition coefficient (Wildman–Crippen LogP) is 2.82. The van der Waals surface area contributed by atoms with Gasteiger partial charge in [-0.05, 0) is 54.8 Å². The minimum atomic E-state index is -3.49. The molecule has 31 heavy (non-hydrogen) atoms. The highest BCUT2D eigenvalue weighted by molar-refractivity contribution is 7.89. The molecule has 0 N–H and O–H groups in total. The molecule has 166 valence electrons. The Morgan fingerprint density at radius 3 is 2.55 bits per heavy atom. The SMILES string of the molecule is O=S(=O)(c1cccc(CN2CCC[C@H]2c2ccc3c(c2)OCCO3)c1)N1CCOCC1. The molecule has 2 saturated heterocycles. The molecule has 0 radical (unpaired) electrons. The summed E-state index contributed by atoms with van der Waals surface area (Å²) in [6, 6.07) is 13.9. The topological polar surface area (TPSA) is 68.3 Å². The number of likely N-dealkylation sites (tertiary alicyclic amines) is 1. The molecule has 0 aliphatic carbocycles. The van der Waals surface area contributed by atoms with Gasteiger partial charge in [-0.15, -0.1) is 0 Å². The number of ether oxygens (including phenoxy) is 3. The summed E-state index contributed by atoms with van der Waals surface area (Å²) in [6.07, 6.45) is 2.19. The summed E-state index contributed by atoms with van der Waals surface area (Å²) >= 11 is 0. The van der Waals surface area contributed by atoms with Gasteiger partial charge in [-0.1, -0.05) is 18.2 Å². The summed E-state index contributed by atoms with van der Waals surface area (Å²) < 4.78 is 44.3. The lowest BCUT2D eigenvalue weighted by Crippen LogP contribution is -2.40. The molecule has 0 spiro atoms. The van der Waals surface area contributed by atoms with Crippen LogP contribution in [0.15, 0.2) is 47.4 Å². The van der Waals surface area contributed by atoms with Gasteiger partial charge in [0.05, 0.1) is 18.1 Å². The van der Waals surface area contributed by atoms with E-state index in [4.69, 9.17) is 14.2 Å². The molecule has 2 aromatic rings. The molecule has 5 rings (SSSR count). The first-order chi connectivity index (χ1) is 15.1. The molecule has 3 aliphatic rings. The summed E-state index contributed by atoms with van der Waals surface area (Å²) in [7, 11) is -3.49. The van der Waals surface area contributed by atoms with Crippen LogP contribution in [0.25, 0.3) is 0 Å². The van der Waals surface area contributed by atoms with E-state index >= 15 is 0 Å². The fourth-order valence-corrected chi connectivity index (χ4v) is 6.11. The molecule has 0 saturated carbocycles. The number of hydrogen-bond donors (Lipinski definition) is 0. The quantitative estimate of drug-likeness (QED) is 0.707. The van der Waals surface area contributed by atoms with Gasteiger partial charge in [-0.2, -0.15) is 4.31 Å². The molecule has 2 aromatic carbocycles. The lowest BCUT2D eigenvalue weighted by atomic mass is 10.0. The van der Waals surface area contributed by atoms with E-state index in [0.29, 0.717) is 51.0 Å². The molecule has 3 aliphatic heterocycles. The maximum absolute atomic E-state index is 13.0. The van der Waals surface area contributed by atoms with Gasteiger partial charge in [0, 0.05) is 25.7 Å². The van der Waals surface area contributed by atoms with E-state index in [1.807, 2.05) is 24.3 Å². The van der Waals surface area contributed by atoms with Gasteiger partial charge in [0.2, 0.25) is 10.0 Å². The van der Waals surface area contributed by atoms with Crippen molar-refractivity contribution in [1.29, 1.82) is 0 Å². The number of nitrogens with zero attached hydrogens (tertiary/aromatic N) is 2. The highest BCUT2D eigenvalue weighted by Crippen LogP contribution is 2.38. The van der Waals surface area contributed by atoms with E-state index in [1.165, 1.54) is 9.87 Å². The van der Waals surface area contributed by atoms with Crippen molar-refractivity contribution in [3.05, 3.63) is 53.6 Å². The minimum absolute atomic E-state index is 0.287. The first kappa shape index (κ1) is 20.8. The highest BCUT2D eigenvalue weighted by atomic mass is 32.2. The zero-order valence-corrected chi connectivity index (χ0v) is 18.4. The van der Waals surface area contributed by atoms with Gasteiger partial charge in [0.1, 0.15) is 13.2 Å². The number of morpholine rings is 1. The van der Waals surface area contributed by atoms with Gasteiger partial charge in [-0.3, -0.25) is 4.90 Å². The van der Waals surface area contributed by atoms with Crippen LogP contribution in [-0.4, -0.2) is 63.7 Å². The Morgan fingerprint density at radius 2 is 1.71 bits per heavy atom. The third-order valence-electron chi connectivity index (χ3n) is 6.21. The zero-order valence-electron chi connectivity index (χ0n) is 17.5. The van der Waals surface area contributed by atoms with E-state index < -0.39 is 10.0 Å². The summed E-state index contributed by atoms with van der Waals surface area (Å²) in [4.78, 5) is 2.79. The number of fused-ring (bicyclic) bond motifs is 1. The largest absolute Gasteiger partial charge is 0.486 e. The van der Waals surface area contributed by atoms with Crippen LogP contribution in [0.2, 0.25) is 0 Å². The second kappa shape index (κ2) is 8.78. The first-order valence-electron chi connectivity index (χ1n) is 10.9. The number of rotatable bonds is 5. The number of benzene rings is 2. The molecular formula is C23H28N2O5S. The van der Waals surface area contributed by atoms with Crippen molar-refractivity contribution in [2.24, 2.45) is 0 Å². The van der Waals surface area contributed by atoms with Crippen molar-refractivity contribution >= 4 is 10.0 Å². The molecule has 0 amide bonds. The van der Waals surface area contributed by atoms with Crippen LogP contribution >= 0.6 is 0 Å². The Hall–Kier alpha value is -2.13. The molecule has 3 heterocycles. The standard InChI is InChI=1S/C23H28N2O5S/c26-31(27,25-9-11-28-12-10-25)20-4-1-3-18(15-20)17-24-8-2-5-21(24)19-6-7-22-23(16-19)30-14-13-29-22/h1,3-4,6-7,15-16,21H,2,5,8-14,17H2/t21-/m0/s1. The average Bonchev–Trinajstić information content (AvgIpc) is 3.27. The van der Waals surface area contributed by atoms with Crippen LogP contribution in [0.1, 0.15) is 30.0 Å². The highest BCUT2D eigenvalue weighted by Gasteiger charge is 2.29. The second-order valence-electron chi connectivity index (χ2n) is 8.20. The lowest BCUT2D eigenvalue weighted by Gasteiger charge is -2.28. The van der Waals surface area contributed by atoms with Crippen molar-refractivity contribution in [1.82, 2.24) is 9.21 Å². The zero-order chi connectivity index (χ0) is 21.3. The monoisotopic (exact) mass is 444 g/mol. The molecule has 8 heteroatoms. The predicted molar refractivity (Wildman–Crippen MR) is 116 cm³/mol. The third-order valence-corrected chi connectivity index (χ3v) is 8.10. The molecule has 1 atom stereocenters. The fraction of sp³-hybridized carbons (Fsp3) is 0.478. The normalized spacial score (nSPS) is 22.5. The maximum atomic E-state index is 13.0. The molecule has 2 fully saturated rings. The van der Waals surface area contributed by atoms with Crippen molar-refractivity contribution in [3.8, 4) is 11.5 Å². The van der Waals surface area contributed by atoms with Gasteiger partial charge >= 0.3 is 0 Å². The van der Waals surface area contributed by atoms with Crippen molar-refractivity contribution in [3.63, 3.8) is 0 Å². The van der Waals surface area contributed by atoms with Gasteiger partial charge in [0.15, 0.2) is 11.5 Å². The molecule has 7 nitrogen and oxygen atoms in total. The van der Waals surface area contributed by atoms with E-state index in [2.05, 4.69) is 17.0 Å². The van der Waals surface area contributed by atoms with E-state index in [0.717, 1.165) is 36.4 Å². The smallest absolute Gasteiger partial charge is 0.243 e. The Bertz CT molecular complexity index is 1040. The van der Waals surface area contributed by atoms with Crippen LogP contribution in [0, 0.1) is 0 Å². The second-order valence-corrected chi connectivity index (χ2v) is 10.1. The van der Waals surface area contributed by atoms with E-state index in [9.17, 15) is 8.42 Å². The number of hydrogen-bond acceptors (Lipinski definition) is 6. The number of sulfonamides is 1. The lowest BCUT2D eigenvalue weighted by molar-refractivity contribution is 0.0730. The third kappa shape index (κ3) is 4.30. The summed E-state index contributed by atoms with van der Waals surface area (Å²) in [5, 5.41) is 0. The fourth-order valence-electron chi connectivity index (χ4n) is 4.63. The van der Waals surface area contributed by atoms with Crippen molar-refractivity contribution in [2.45, 2.75) is 30.3 Å². The molecule has 0 aromatic heterocycles. The Balaban J connectivity index is 1.34. The van der Waals surface area contributed by atoms with Crippen LogP contribution < -0.4 is 9.47 Å². The summed E-state index contributed by atoms with van der Waals surface area (Å²) in [5.74, 6) is 1.62. The molecular weight excluding hydrogens is 416 g/mol.